The summed E-state index contributed by atoms with van der Waals surface area (Å²) >= 11 is 5.73. The third-order valence-corrected chi connectivity index (χ3v) is 3.29. The van der Waals surface area contributed by atoms with Gasteiger partial charge in [0.25, 0.3) is 11.8 Å². The summed E-state index contributed by atoms with van der Waals surface area (Å²) in [6.45, 7) is 0. The number of amides is 2. The predicted molar refractivity (Wildman–Crippen MR) is 89.8 cm³/mol. The summed E-state index contributed by atoms with van der Waals surface area (Å²) in [5.41, 5.74) is 6.40. The second kappa shape index (κ2) is 6.93. The first-order chi connectivity index (χ1) is 11.6. The molecule has 2 amide bonds. The zero-order valence-corrected chi connectivity index (χ0v) is 13.0. The van der Waals surface area contributed by atoms with Crippen LogP contribution in [0.25, 0.3) is 6.08 Å². The van der Waals surface area contributed by atoms with Crippen molar-refractivity contribution in [3.05, 3.63) is 70.6 Å². The first kappa shape index (κ1) is 15.7. The standard InChI is InChI=1S/C16H12ClN5O2/c17-13-9-11(6-7-18-13)14(23)21-22-16-19-12(15(24)20-16)8-10-4-2-1-3-5-10/h1-9H,(H,21,23)(H2,19,20,22,24)/b12-8-. The predicted octanol–water partition coefficient (Wildman–Crippen LogP) is 1.50. The molecule has 0 bridgehead atoms. The number of rotatable bonds is 2. The van der Waals surface area contributed by atoms with Gasteiger partial charge in [-0.15, -0.1) is 0 Å². The molecule has 0 unspecified atom stereocenters. The first-order valence-electron chi connectivity index (χ1n) is 6.96. The number of hydrazine groups is 1. The number of hydrogen-bond acceptors (Lipinski definition) is 5. The minimum atomic E-state index is -0.434. The van der Waals surface area contributed by atoms with E-state index in [9.17, 15) is 9.59 Å². The molecule has 0 saturated carbocycles. The van der Waals surface area contributed by atoms with Crippen molar-refractivity contribution in [2.45, 2.75) is 0 Å². The second-order valence-corrected chi connectivity index (χ2v) is 5.19. The van der Waals surface area contributed by atoms with Gasteiger partial charge in [0.05, 0.1) is 0 Å². The van der Waals surface area contributed by atoms with Gasteiger partial charge in [-0.25, -0.2) is 9.98 Å². The lowest BCUT2D eigenvalue weighted by atomic mass is 10.2. The van der Waals surface area contributed by atoms with Crippen LogP contribution in [0, 0.1) is 0 Å². The van der Waals surface area contributed by atoms with Crippen LogP contribution in [0.3, 0.4) is 0 Å². The minimum Gasteiger partial charge on any atom is -0.290 e. The Morgan fingerprint density at radius 1 is 1.21 bits per heavy atom. The van der Waals surface area contributed by atoms with E-state index in [0.717, 1.165) is 5.56 Å². The van der Waals surface area contributed by atoms with E-state index in [1.165, 1.54) is 18.3 Å². The van der Waals surface area contributed by atoms with Crippen LogP contribution in [0.2, 0.25) is 5.15 Å². The molecular weight excluding hydrogens is 330 g/mol. The van der Waals surface area contributed by atoms with E-state index >= 15 is 0 Å². The van der Waals surface area contributed by atoms with Crippen LogP contribution in [-0.4, -0.2) is 22.8 Å². The van der Waals surface area contributed by atoms with Gasteiger partial charge in [-0.1, -0.05) is 41.9 Å². The number of carbonyl (C=O) groups is 2. The van der Waals surface area contributed by atoms with Crippen molar-refractivity contribution in [1.29, 1.82) is 0 Å². The highest BCUT2D eigenvalue weighted by molar-refractivity contribution is 6.29. The van der Waals surface area contributed by atoms with Gasteiger partial charge in [0, 0.05) is 11.8 Å². The molecular formula is C16H12ClN5O2. The average Bonchev–Trinajstić information content (AvgIpc) is 2.93. The summed E-state index contributed by atoms with van der Waals surface area (Å²) < 4.78 is 0. The Labute approximate surface area is 142 Å². The Bertz CT molecular complexity index is 849. The van der Waals surface area contributed by atoms with Gasteiger partial charge >= 0.3 is 0 Å². The second-order valence-electron chi connectivity index (χ2n) is 4.80. The fourth-order valence-corrected chi connectivity index (χ4v) is 2.14. The number of hydrogen-bond donors (Lipinski definition) is 3. The summed E-state index contributed by atoms with van der Waals surface area (Å²) in [7, 11) is 0. The van der Waals surface area contributed by atoms with E-state index in [1.54, 1.807) is 6.08 Å². The van der Waals surface area contributed by atoms with E-state index < -0.39 is 5.91 Å². The number of carbonyl (C=O) groups excluding carboxylic acids is 2. The van der Waals surface area contributed by atoms with Crippen molar-refractivity contribution in [2.24, 2.45) is 4.99 Å². The van der Waals surface area contributed by atoms with E-state index in [4.69, 9.17) is 11.6 Å². The molecule has 1 aromatic carbocycles. The first-order valence-corrected chi connectivity index (χ1v) is 7.34. The maximum Gasteiger partial charge on any atom is 0.276 e. The lowest BCUT2D eigenvalue weighted by Crippen LogP contribution is -2.47. The van der Waals surface area contributed by atoms with Crippen LogP contribution < -0.4 is 16.2 Å². The number of aromatic nitrogens is 1. The van der Waals surface area contributed by atoms with Crippen molar-refractivity contribution in [1.82, 2.24) is 21.2 Å². The van der Waals surface area contributed by atoms with Gasteiger partial charge in [-0.2, -0.15) is 0 Å². The third-order valence-electron chi connectivity index (χ3n) is 3.08. The van der Waals surface area contributed by atoms with Crippen LogP contribution in [0.1, 0.15) is 15.9 Å². The zero-order chi connectivity index (χ0) is 16.9. The lowest BCUT2D eigenvalue weighted by molar-refractivity contribution is -0.115. The number of guanidine groups is 1. The SMILES string of the molecule is O=C1NC(NNC(=O)c2ccnc(Cl)c2)=N/C1=C\c1ccccc1. The molecule has 1 aliphatic rings. The smallest absolute Gasteiger partial charge is 0.276 e. The molecule has 8 heteroatoms. The molecule has 3 rings (SSSR count). The molecule has 2 heterocycles. The maximum atomic E-state index is 12.0. The number of nitrogens with zero attached hydrogens (tertiary/aromatic N) is 2. The van der Waals surface area contributed by atoms with Gasteiger partial charge in [-0.3, -0.25) is 25.8 Å². The molecule has 2 aromatic rings. The molecule has 7 nitrogen and oxygen atoms in total. The molecule has 24 heavy (non-hydrogen) atoms. The Morgan fingerprint density at radius 2 is 2.00 bits per heavy atom. The third kappa shape index (κ3) is 3.76. The van der Waals surface area contributed by atoms with Crippen molar-refractivity contribution >= 4 is 35.5 Å². The van der Waals surface area contributed by atoms with Crippen LogP contribution in [-0.2, 0) is 4.79 Å². The molecule has 0 aliphatic carbocycles. The molecule has 0 fully saturated rings. The van der Waals surface area contributed by atoms with Crippen molar-refractivity contribution in [3.8, 4) is 0 Å². The van der Waals surface area contributed by atoms with Gasteiger partial charge in [0.1, 0.15) is 10.9 Å². The fraction of sp³-hybridized carbons (Fsp3) is 0. The zero-order valence-electron chi connectivity index (χ0n) is 12.3. The van der Waals surface area contributed by atoms with E-state index in [0.29, 0.717) is 5.56 Å². The van der Waals surface area contributed by atoms with Crippen LogP contribution in [0.4, 0.5) is 0 Å². The van der Waals surface area contributed by atoms with Crippen molar-refractivity contribution in [3.63, 3.8) is 0 Å². The maximum absolute atomic E-state index is 12.0. The summed E-state index contributed by atoms with van der Waals surface area (Å²) in [5, 5.41) is 2.73. The average molecular weight is 342 g/mol. The van der Waals surface area contributed by atoms with Crippen molar-refractivity contribution in [2.75, 3.05) is 0 Å². The summed E-state index contributed by atoms with van der Waals surface area (Å²) in [4.78, 5) is 31.7. The molecule has 0 radical (unpaired) electrons. The van der Waals surface area contributed by atoms with Gasteiger partial charge in [0.2, 0.25) is 5.96 Å². The highest BCUT2D eigenvalue weighted by Crippen LogP contribution is 2.11. The Morgan fingerprint density at radius 3 is 2.75 bits per heavy atom. The Kier molecular flexibility index (Phi) is 4.53. The number of pyridine rings is 1. The van der Waals surface area contributed by atoms with Crippen molar-refractivity contribution < 1.29 is 9.59 Å². The highest BCUT2D eigenvalue weighted by Gasteiger charge is 2.20. The van der Waals surface area contributed by atoms with Crippen LogP contribution in [0.15, 0.2) is 59.4 Å². The van der Waals surface area contributed by atoms with E-state index in [1.807, 2.05) is 30.3 Å². The Balaban J connectivity index is 1.66. The molecule has 0 atom stereocenters. The molecule has 1 aliphatic heterocycles. The van der Waals surface area contributed by atoms with E-state index in [-0.39, 0.29) is 22.7 Å². The largest absolute Gasteiger partial charge is 0.290 e. The summed E-state index contributed by atoms with van der Waals surface area (Å²) in [6.07, 6.45) is 3.07. The normalized spacial score (nSPS) is 15.0. The Hall–Kier alpha value is -3.19. The molecule has 120 valence electrons. The number of nitrogens with one attached hydrogen (secondary N) is 3. The fourth-order valence-electron chi connectivity index (χ4n) is 1.97. The van der Waals surface area contributed by atoms with Crippen LogP contribution >= 0.6 is 11.6 Å². The van der Waals surface area contributed by atoms with E-state index in [2.05, 4.69) is 26.1 Å². The number of halogens is 1. The lowest BCUT2D eigenvalue weighted by Gasteiger charge is -2.07. The minimum absolute atomic E-state index is 0.135. The quantitative estimate of drug-likeness (QED) is 0.438. The van der Waals surface area contributed by atoms with Crippen LogP contribution in [0.5, 0.6) is 0 Å². The summed E-state index contributed by atoms with van der Waals surface area (Å²) in [6, 6.07) is 12.3. The topological polar surface area (TPSA) is 95.5 Å². The molecule has 3 N–H and O–H groups in total. The number of aliphatic imine (C=N–C) groups is 1. The molecule has 0 saturated heterocycles. The molecule has 1 aromatic heterocycles. The van der Waals surface area contributed by atoms with Gasteiger partial charge in [-0.05, 0) is 23.8 Å². The van der Waals surface area contributed by atoms with Gasteiger partial charge < -0.3 is 0 Å². The molecule has 0 spiro atoms. The van der Waals surface area contributed by atoms with Gasteiger partial charge in [0.15, 0.2) is 0 Å². The number of benzene rings is 1. The summed E-state index contributed by atoms with van der Waals surface area (Å²) in [5.74, 6) is -0.657. The monoisotopic (exact) mass is 341 g/mol. The highest BCUT2D eigenvalue weighted by atomic mass is 35.5.